The van der Waals surface area contributed by atoms with Crippen LogP contribution in [-0.4, -0.2) is 26.2 Å². The number of imidazole rings is 2. The van der Waals surface area contributed by atoms with E-state index in [0.29, 0.717) is 0 Å². The molecule has 40 heavy (non-hydrogen) atoms. The maximum Gasteiger partial charge on any atom is 0.257 e. The third-order valence-corrected chi connectivity index (χ3v) is 8.13. The summed E-state index contributed by atoms with van der Waals surface area (Å²) < 4.78 is 10.0. The van der Waals surface area contributed by atoms with E-state index in [-0.39, 0.29) is 0 Å². The molecule has 198 valence electrons. The van der Waals surface area contributed by atoms with Crippen LogP contribution in [0.25, 0.3) is 22.1 Å². The van der Waals surface area contributed by atoms with Crippen LogP contribution in [0.5, 0.6) is 5.75 Å². The van der Waals surface area contributed by atoms with Crippen LogP contribution in [0.2, 0.25) is 0 Å². The number of benzene rings is 4. The van der Waals surface area contributed by atoms with Gasteiger partial charge in [0.15, 0.2) is 0 Å². The smallest absolute Gasteiger partial charge is 0.257 e. The Labute approximate surface area is 230 Å². The molecule has 9 heteroatoms. The predicted molar refractivity (Wildman–Crippen MR) is 159 cm³/mol. The van der Waals surface area contributed by atoms with Gasteiger partial charge in [-0.05, 0) is 67.4 Å². The molecule has 4 N–H and O–H groups in total. The number of aryl methyl sites for hydroxylation is 2. The van der Waals surface area contributed by atoms with E-state index in [1.54, 1.807) is 7.11 Å². The fourth-order valence-corrected chi connectivity index (χ4v) is 6.23. The van der Waals surface area contributed by atoms with Crippen LogP contribution >= 0.6 is 0 Å². The van der Waals surface area contributed by atoms with Crippen LogP contribution in [0.3, 0.4) is 0 Å². The van der Waals surface area contributed by atoms with Gasteiger partial charge >= 0.3 is 0 Å². The van der Waals surface area contributed by atoms with E-state index in [0.717, 1.165) is 61.7 Å². The molecule has 6 aromatic rings. The Morgan fingerprint density at radius 1 is 0.625 bits per heavy atom. The molecule has 8 rings (SSSR count). The van der Waals surface area contributed by atoms with E-state index >= 15 is 0 Å². The number of hydrogen-bond acceptors (Lipinski definition) is 7. The van der Waals surface area contributed by atoms with E-state index in [1.807, 2.05) is 55.1 Å². The van der Waals surface area contributed by atoms with Gasteiger partial charge in [-0.3, -0.25) is 9.13 Å². The van der Waals surface area contributed by atoms with Crippen LogP contribution in [0.1, 0.15) is 11.1 Å². The number of nitrogens with one attached hydrogen (secondary N) is 4. The van der Waals surface area contributed by atoms with Crippen molar-refractivity contribution in [3.8, 4) is 5.75 Å². The van der Waals surface area contributed by atoms with Crippen molar-refractivity contribution in [3.63, 3.8) is 0 Å². The van der Waals surface area contributed by atoms with Crippen LogP contribution in [0.15, 0.2) is 91.5 Å². The van der Waals surface area contributed by atoms with Crippen molar-refractivity contribution in [2.24, 2.45) is 0 Å². The number of fused-ring (bicyclic) bond motifs is 4. The first-order chi connectivity index (χ1) is 19.5. The Hall–Kier alpha value is -5.18. The maximum absolute atomic E-state index is 5.71. The number of anilines is 4. The number of ether oxygens (including phenoxy) is 1. The van der Waals surface area contributed by atoms with Gasteiger partial charge in [-0.1, -0.05) is 30.3 Å². The topological polar surface area (TPSA) is 93.0 Å². The predicted octanol–water partition coefficient (Wildman–Crippen LogP) is 6.01. The summed E-state index contributed by atoms with van der Waals surface area (Å²) in [7, 11) is 1.70. The van der Waals surface area contributed by atoms with Gasteiger partial charge in [0, 0.05) is 6.07 Å². The first kappa shape index (κ1) is 22.8. The molecule has 0 saturated heterocycles. The molecule has 0 aliphatic carbocycles. The summed E-state index contributed by atoms with van der Waals surface area (Å²) in [6.07, 6.45) is 3.78. The number of aromatic nitrogens is 4. The lowest BCUT2D eigenvalue weighted by Gasteiger charge is -2.48. The number of para-hydroxylation sites is 4. The van der Waals surface area contributed by atoms with Gasteiger partial charge in [0.25, 0.3) is 11.6 Å². The Morgan fingerprint density at radius 2 is 1.15 bits per heavy atom. The van der Waals surface area contributed by atoms with E-state index in [4.69, 9.17) is 14.7 Å². The zero-order chi connectivity index (χ0) is 27.1. The Morgan fingerprint density at radius 3 is 1.75 bits per heavy atom. The summed E-state index contributed by atoms with van der Waals surface area (Å²) in [5.41, 5.74) is 9.80. The average Bonchev–Trinajstić information content (AvgIpc) is 3.74. The molecular formula is C31H28N8O. The van der Waals surface area contributed by atoms with Crippen molar-refractivity contribution in [2.75, 3.05) is 28.4 Å². The highest BCUT2D eigenvalue weighted by atomic mass is 16.5. The van der Waals surface area contributed by atoms with Gasteiger partial charge in [0.2, 0.25) is 0 Å². The molecule has 0 radical (unpaired) electrons. The largest absolute Gasteiger partial charge is 0.496 e. The van der Waals surface area contributed by atoms with E-state index in [2.05, 4.69) is 80.6 Å². The number of rotatable bonds is 4. The van der Waals surface area contributed by atoms with E-state index in [9.17, 15) is 0 Å². The summed E-state index contributed by atoms with van der Waals surface area (Å²) in [6, 6.07) is 26.9. The van der Waals surface area contributed by atoms with Gasteiger partial charge in [0.05, 0.1) is 64.6 Å². The first-order valence-electron chi connectivity index (χ1n) is 13.3. The second-order valence-corrected chi connectivity index (χ2v) is 10.5. The molecule has 2 atom stereocenters. The highest BCUT2D eigenvalue weighted by molar-refractivity contribution is 5.86. The minimum absolute atomic E-state index is 0.813. The Balaban J connectivity index is 1.46. The summed E-state index contributed by atoms with van der Waals surface area (Å²) in [5, 5.41) is 15.6. The Kier molecular flexibility index (Phi) is 4.51. The summed E-state index contributed by atoms with van der Waals surface area (Å²) in [4.78, 5) is 9.62. The number of methoxy groups -OCH3 is 1. The standard InChI is InChI=1S/C31H28N8O/c1-19-12-13-21-24(14-19)35-30(34-21,38-17-32-22-8-4-6-10-27(22)38)31(39-18-33-23-9-5-7-11-28(23)39)36-25-15-20(2)29(40-3)16-26(25)37-31/h4-18,34-37H,1-3H3. The molecule has 4 heterocycles. The number of hydrogen-bond donors (Lipinski definition) is 4. The summed E-state index contributed by atoms with van der Waals surface area (Å²) >= 11 is 0. The maximum atomic E-state index is 5.71. The van der Waals surface area contributed by atoms with Crippen LogP contribution in [0.4, 0.5) is 22.7 Å². The first-order valence-corrected chi connectivity index (χ1v) is 13.3. The molecule has 2 unspecified atom stereocenters. The zero-order valence-electron chi connectivity index (χ0n) is 22.4. The second-order valence-electron chi connectivity index (χ2n) is 10.5. The fraction of sp³-hybridized carbons (Fsp3) is 0.161. The third kappa shape index (κ3) is 2.91. The van der Waals surface area contributed by atoms with Crippen molar-refractivity contribution in [1.82, 2.24) is 19.1 Å². The fourth-order valence-electron chi connectivity index (χ4n) is 6.23. The van der Waals surface area contributed by atoms with Crippen molar-refractivity contribution < 1.29 is 4.74 Å². The van der Waals surface area contributed by atoms with Gasteiger partial charge in [-0.15, -0.1) is 0 Å². The molecular weight excluding hydrogens is 500 g/mol. The number of nitrogens with zero attached hydrogens (tertiary/aromatic N) is 4. The summed E-state index contributed by atoms with van der Waals surface area (Å²) in [6.45, 7) is 4.15. The lowest BCUT2D eigenvalue weighted by molar-refractivity contribution is 0.186. The summed E-state index contributed by atoms with van der Waals surface area (Å²) in [5.74, 6) is -1.25. The van der Waals surface area contributed by atoms with Crippen molar-refractivity contribution in [1.29, 1.82) is 0 Å². The molecule has 2 aromatic heterocycles. The second kappa shape index (κ2) is 7.92. The monoisotopic (exact) mass is 528 g/mol. The van der Waals surface area contributed by atoms with Crippen molar-refractivity contribution in [3.05, 3.63) is 103 Å². The molecule has 2 aliphatic rings. The van der Waals surface area contributed by atoms with Crippen molar-refractivity contribution in [2.45, 2.75) is 25.4 Å². The van der Waals surface area contributed by atoms with Crippen molar-refractivity contribution >= 4 is 44.8 Å². The Bertz CT molecular complexity index is 1960. The molecule has 2 aliphatic heterocycles. The minimum Gasteiger partial charge on any atom is -0.496 e. The molecule has 0 spiro atoms. The van der Waals surface area contributed by atoms with Crippen LogP contribution in [0, 0.1) is 13.8 Å². The highest BCUT2D eigenvalue weighted by Crippen LogP contribution is 2.52. The van der Waals surface area contributed by atoms with Gasteiger partial charge < -0.3 is 26.0 Å². The molecule has 0 fully saturated rings. The molecule has 9 nitrogen and oxygen atoms in total. The molecule has 4 aromatic carbocycles. The normalized spacial score (nSPS) is 20.9. The zero-order valence-corrected chi connectivity index (χ0v) is 22.4. The van der Waals surface area contributed by atoms with Gasteiger partial charge in [-0.25, -0.2) is 9.97 Å². The molecule has 0 saturated carbocycles. The SMILES string of the molecule is COc1cc2c(cc1C)NC(n1cnc3ccccc31)(C1(n3cnc4ccccc43)Nc3ccc(C)cc3N1)N2. The lowest BCUT2D eigenvalue weighted by atomic mass is 10.1. The molecule has 0 amide bonds. The average molecular weight is 529 g/mol. The van der Waals surface area contributed by atoms with Gasteiger partial charge in [0.1, 0.15) is 5.75 Å². The van der Waals surface area contributed by atoms with Crippen LogP contribution in [-0.2, 0) is 11.6 Å². The third-order valence-electron chi connectivity index (χ3n) is 8.13. The minimum atomic E-state index is -1.04. The van der Waals surface area contributed by atoms with E-state index < -0.39 is 11.6 Å². The highest BCUT2D eigenvalue weighted by Gasteiger charge is 2.62. The lowest BCUT2D eigenvalue weighted by Crippen LogP contribution is -2.69. The van der Waals surface area contributed by atoms with Gasteiger partial charge in [-0.2, -0.15) is 0 Å². The quantitative estimate of drug-likeness (QED) is 0.223. The molecule has 0 bridgehead atoms. The van der Waals surface area contributed by atoms with Crippen LogP contribution < -0.4 is 26.0 Å². The van der Waals surface area contributed by atoms with E-state index in [1.165, 1.54) is 0 Å².